The third-order valence-electron chi connectivity index (χ3n) is 3.02. The zero-order valence-electron chi connectivity index (χ0n) is 12.2. The fraction of sp³-hybridized carbons (Fsp3) is 0.857. The van der Waals surface area contributed by atoms with Crippen molar-refractivity contribution in [3.05, 3.63) is 11.9 Å². The van der Waals surface area contributed by atoms with Crippen molar-refractivity contribution in [2.24, 2.45) is 0 Å². The van der Waals surface area contributed by atoms with Crippen LogP contribution in [0, 0.1) is 0 Å². The molecule has 0 aromatic heterocycles. The predicted octanol–water partition coefficient (Wildman–Crippen LogP) is 5.52. The van der Waals surface area contributed by atoms with Gasteiger partial charge >= 0.3 is 7.60 Å². The van der Waals surface area contributed by atoms with E-state index in [4.69, 9.17) is 9.05 Å². The molecule has 0 bridgehead atoms. The smallest absolute Gasteiger partial charge is 0.309 e. The van der Waals surface area contributed by atoms with E-state index in [0.29, 0.717) is 0 Å². The van der Waals surface area contributed by atoms with Gasteiger partial charge in [-0.1, -0.05) is 57.9 Å². The average molecular weight is 276 g/mol. The molecule has 0 heterocycles. The highest BCUT2D eigenvalue weighted by Gasteiger charge is 2.14. The molecule has 3 nitrogen and oxygen atoms in total. The molecule has 0 aliphatic carbocycles. The molecule has 0 aliphatic rings. The normalized spacial score (nSPS) is 12.4. The molecule has 0 spiro atoms. The van der Waals surface area contributed by atoms with Crippen molar-refractivity contribution in [3.8, 4) is 0 Å². The van der Waals surface area contributed by atoms with E-state index in [1.54, 1.807) is 5.82 Å². The van der Waals surface area contributed by atoms with Gasteiger partial charge < -0.3 is 9.05 Å². The Morgan fingerprint density at radius 3 is 1.89 bits per heavy atom. The van der Waals surface area contributed by atoms with Crippen molar-refractivity contribution in [1.29, 1.82) is 0 Å². The molecule has 0 saturated carbocycles. The zero-order chi connectivity index (χ0) is 13.7. The first kappa shape index (κ1) is 17.9. The molecule has 0 rings (SSSR count). The fourth-order valence-electron chi connectivity index (χ4n) is 1.80. The Labute approximate surface area is 112 Å². The Hall–Kier alpha value is -0.110. The van der Waals surface area contributed by atoms with Crippen molar-refractivity contribution < 1.29 is 13.6 Å². The van der Waals surface area contributed by atoms with Crippen LogP contribution in [0.3, 0.4) is 0 Å². The van der Waals surface area contributed by atoms with Gasteiger partial charge in [-0.2, -0.15) is 0 Å². The van der Waals surface area contributed by atoms with E-state index < -0.39 is 7.60 Å². The highest BCUT2D eigenvalue weighted by molar-refractivity contribution is 7.57. The SMILES string of the molecule is CCCCCCCCCC/C=C/P(=O)(OC)OC. The van der Waals surface area contributed by atoms with E-state index in [-0.39, 0.29) is 0 Å². The quantitative estimate of drug-likeness (QED) is 0.348. The summed E-state index contributed by atoms with van der Waals surface area (Å²) < 4.78 is 21.3. The predicted molar refractivity (Wildman–Crippen MR) is 78.0 cm³/mol. The van der Waals surface area contributed by atoms with Crippen LogP contribution < -0.4 is 0 Å². The van der Waals surface area contributed by atoms with Crippen molar-refractivity contribution in [1.82, 2.24) is 0 Å². The maximum atomic E-state index is 11.7. The first-order valence-corrected chi connectivity index (χ1v) is 8.68. The molecule has 0 aromatic rings. The van der Waals surface area contributed by atoms with Crippen molar-refractivity contribution in [2.75, 3.05) is 14.2 Å². The van der Waals surface area contributed by atoms with Gasteiger partial charge in [0.2, 0.25) is 0 Å². The van der Waals surface area contributed by atoms with Crippen LogP contribution in [0.15, 0.2) is 11.9 Å². The molecular formula is C14H29O3P. The second-order valence-corrected chi connectivity index (χ2v) is 6.66. The molecule has 4 heteroatoms. The van der Waals surface area contributed by atoms with Crippen molar-refractivity contribution in [2.45, 2.75) is 64.7 Å². The Kier molecular flexibility index (Phi) is 11.9. The molecule has 0 aliphatic heterocycles. The lowest BCUT2D eigenvalue weighted by Crippen LogP contribution is -1.83. The summed E-state index contributed by atoms with van der Waals surface area (Å²) in [5, 5.41) is 0. The van der Waals surface area contributed by atoms with Crippen molar-refractivity contribution >= 4 is 7.60 Å². The van der Waals surface area contributed by atoms with Gasteiger partial charge in [-0.3, -0.25) is 4.57 Å². The summed E-state index contributed by atoms with van der Waals surface area (Å²) in [7, 11) is -0.120. The van der Waals surface area contributed by atoms with Gasteiger partial charge in [0.1, 0.15) is 0 Å². The summed E-state index contributed by atoms with van der Waals surface area (Å²) >= 11 is 0. The molecule has 0 fully saturated rings. The number of allylic oxidation sites excluding steroid dienone is 1. The van der Waals surface area contributed by atoms with Crippen LogP contribution in [0.5, 0.6) is 0 Å². The molecule has 0 unspecified atom stereocenters. The van der Waals surface area contributed by atoms with Crippen LogP contribution in [0.25, 0.3) is 0 Å². The summed E-state index contributed by atoms with van der Waals surface area (Å²) in [5.74, 6) is 1.56. The van der Waals surface area contributed by atoms with Crippen LogP contribution >= 0.6 is 7.60 Å². The van der Waals surface area contributed by atoms with Gasteiger partial charge in [-0.05, 0) is 12.8 Å². The Morgan fingerprint density at radius 2 is 1.39 bits per heavy atom. The Balaban J connectivity index is 3.40. The molecule has 108 valence electrons. The number of rotatable bonds is 12. The van der Waals surface area contributed by atoms with Gasteiger partial charge in [0.15, 0.2) is 0 Å². The van der Waals surface area contributed by atoms with Gasteiger partial charge in [0.25, 0.3) is 0 Å². The third kappa shape index (κ3) is 9.87. The highest BCUT2D eigenvalue weighted by Crippen LogP contribution is 2.47. The van der Waals surface area contributed by atoms with Crippen LogP contribution in [0.2, 0.25) is 0 Å². The zero-order valence-corrected chi connectivity index (χ0v) is 13.1. The lowest BCUT2D eigenvalue weighted by Gasteiger charge is -2.07. The maximum Gasteiger partial charge on any atom is 0.353 e. The fourth-order valence-corrected chi connectivity index (χ4v) is 2.60. The van der Waals surface area contributed by atoms with Crippen LogP contribution in [-0.2, 0) is 13.6 Å². The molecule has 0 radical (unpaired) electrons. The highest BCUT2D eigenvalue weighted by atomic mass is 31.2. The Bertz CT molecular complexity index is 243. The minimum Gasteiger partial charge on any atom is -0.309 e. The largest absolute Gasteiger partial charge is 0.353 e. The molecule has 0 amide bonds. The van der Waals surface area contributed by atoms with Crippen LogP contribution in [0.4, 0.5) is 0 Å². The van der Waals surface area contributed by atoms with E-state index in [2.05, 4.69) is 6.92 Å². The monoisotopic (exact) mass is 276 g/mol. The van der Waals surface area contributed by atoms with E-state index in [1.807, 2.05) is 6.08 Å². The van der Waals surface area contributed by atoms with Gasteiger partial charge in [-0.15, -0.1) is 0 Å². The van der Waals surface area contributed by atoms with Gasteiger partial charge in [0.05, 0.1) is 0 Å². The molecular weight excluding hydrogens is 247 g/mol. The van der Waals surface area contributed by atoms with Crippen LogP contribution in [0.1, 0.15) is 64.7 Å². The van der Waals surface area contributed by atoms with Gasteiger partial charge in [-0.25, -0.2) is 0 Å². The molecule has 0 N–H and O–H groups in total. The maximum absolute atomic E-state index is 11.7. The summed E-state index contributed by atoms with van der Waals surface area (Å²) in [6.45, 7) is 2.24. The number of hydrogen-bond acceptors (Lipinski definition) is 3. The van der Waals surface area contributed by atoms with Crippen molar-refractivity contribution in [3.63, 3.8) is 0 Å². The van der Waals surface area contributed by atoms with E-state index in [0.717, 1.165) is 12.8 Å². The minimum absolute atomic E-state index is 0.950. The Morgan fingerprint density at radius 1 is 0.889 bits per heavy atom. The second-order valence-electron chi connectivity index (χ2n) is 4.55. The third-order valence-corrected chi connectivity index (χ3v) is 4.62. The molecule has 0 aromatic carbocycles. The topological polar surface area (TPSA) is 35.5 Å². The van der Waals surface area contributed by atoms with Crippen LogP contribution in [-0.4, -0.2) is 14.2 Å². The van der Waals surface area contributed by atoms with Gasteiger partial charge in [0, 0.05) is 20.0 Å². The van der Waals surface area contributed by atoms with E-state index in [1.165, 1.54) is 59.2 Å². The summed E-state index contributed by atoms with van der Waals surface area (Å²) in [4.78, 5) is 0. The second kappa shape index (κ2) is 12.0. The molecule has 0 atom stereocenters. The summed E-state index contributed by atoms with van der Waals surface area (Å²) in [5.41, 5.74) is 0. The molecule has 0 saturated heterocycles. The lowest BCUT2D eigenvalue weighted by atomic mass is 10.1. The first-order chi connectivity index (χ1) is 8.68. The summed E-state index contributed by atoms with van der Waals surface area (Å²) in [6.07, 6.45) is 13.3. The average Bonchev–Trinajstić information content (AvgIpc) is 2.40. The molecule has 18 heavy (non-hydrogen) atoms. The standard InChI is InChI=1S/C14H29O3P/c1-4-5-6-7-8-9-10-11-12-13-14-18(15,16-2)17-3/h13-14H,4-12H2,1-3H3/b14-13+. The first-order valence-electron chi connectivity index (χ1n) is 7.07. The summed E-state index contributed by atoms with van der Waals surface area (Å²) in [6, 6.07) is 0. The lowest BCUT2D eigenvalue weighted by molar-refractivity contribution is 0.286. The minimum atomic E-state index is -2.94. The number of unbranched alkanes of at least 4 members (excludes halogenated alkanes) is 8. The number of hydrogen-bond donors (Lipinski definition) is 0. The van der Waals surface area contributed by atoms with E-state index in [9.17, 15) is 4.57 Å². The van der Waals surface area contributed by atoms with E-state index >= 15 is 0 Å².